The summed E-state index contributed by atoms with van der Waals surface area (Å²) in [6.07, 6.45) is 3.43. The highest BCUT2D eigenvalue weighted by molar-refractivity contribution is 5.88. The van der Waals surface area contributed by atoms with E-state index < -0.39 is 17.7 Å². The predicted molar refractivity (Wildman–Crippen MR) is 114 cm³/mol. The van der Waals surface area contributed by atoms with Crippen molar-refractivity contribution >= 4 is 11.8 Å². The van der Waals surface area contributed by atoms with Crippen LogP contribution in [0.4, 0.5) is 8.78 Å². The van der Waals surface area contributed by atoms with Crippen LogP contribution in [0.5, 0.6) is 0 Å². The average molecular weight is 439 g/mol. The molecule has 2 aromatic carbocycles. The number of hydrogen-bond acceptors (Lipinski definition) is 4. The Labute approximate surface area is 184 Å². The number of carbonyl (C=O) groups is 2. The molecule has 1 saturated heterocycles. The zero-order valence-corrected chi connectivity index (χ0v) is 17.3. The molecule has 0 saturated carbocycles. The van der Waals surface area contributed by atoms with Gasteiger partial charge in [0.05, 0.1) is 18.2 Å². The van der Waals surface area contributed by atoms with Crippen LogP contribution < -0.4 is 10.6 Å². The van der Waals surface area contributed by atoms with E-state index >= 15 is 0 Å². The van der Waals surface area contributed by atoms with Crippen LogP contribution in [0.25, 0.3) is 5.69 Å². The van der Waals surface area contributed by atoms with Crippen molar-refractivity contribution in [2.75, 3.05) is 13.1 Å². The molecule has 32 heavy (non-hydrogen) atoms. The van der Waals surface area contributed by atoms with Crippen LogP contribution in [-0.4, -0.2) is 45.6 Å². The summed E-state index contributed by atoms with van der Waals surface area (Å²) >= 11 is 0. The molecular weight excluding hydrogens is 416 g/mol. The molecule has 0 bridgehead atoms. The number of rotatable bonds is 7. The lowest BCUT2D eigenvalue weighted by Crippen LogP contribution is -2.56. The Morgan fingerprint density at radius 2 is 2.03 bits per heavy atom. The molecule has 7 nitrogen and oxygen atoms in total. The van der Waals surface area contributed by atoms with Crippen molar-refractivity contribution in [1.82, 2.24) is 25.3 Å². The molecule has 2 N–H and O–H groups in total. The first-order valence-corrected chi connectivity index (χ1v) is 10.3. The van der Waals surface area contributed by atoms with Crippen molar-refractivity contribution in [2.24, 2.45) is 0 Å². The fourth-order valence-corrected chi connectivity index (χ4v) is 3.74. The Morgan fingerprint density at radius 1 is 1.19 bits per heavy atom. The van der Waals surface area contributed by atoms with Crippen molar-refractivity contribution in [2.45, 2.75) is 25.6 Å². The summed E-state index contributed by atoms with van der Waals surface area (Å²) < 4.78 is 29.4. The topological polar surface area (TPSA) is 79.3 Å². The van der Waals surface area contributed by atoms with Gasteiger partial charge in [0.15, 0.2) is 11.6 Å². The molecule has 0 aliphatic carbocycles. The minimum absolute atomic E-state index is 0.0425. The minimum Gasteiger partial charge on any atom is -0.353 e. The van der Waals surface area contributed by atoms with Gasteiger partial charge in [0.25, 0.3) is 0 Å². The van der Waals surface area contributed by atoms with Gasteiger partial charge < -0.3 is 10.6 Å². The molecule has 1 aromatic heterocycles. The standard InChI is InChI=1S/C23H23F2N5O2/c24-19-7-2-5-17(22(19)25)15-29-11-9-26-23(32)20(29)13-21(31)27-14-16-4-1-6-18(12-16)30-10-3-8-28-30/h1-8,10,12,20H,9,11,13-15H2,(H,26,32)(H,27,31). The first-order chi connectivity index (χ1) is 15.5. The van der Waals surface area contributed by atoms with Crippen LogP contribution in [0.2, 0.25) is 0 Å². The van der Waals surface area contributed by atoms with Crippen molar-refractivity contribution in [1.29, 1.82) is 0 Å². The molecular formula is C23H23F2N5O2. The quantitative estimate of drug-likeness (QED) is 0.592. The number of nitrogens with one attached hydrogen (secondary N) is 2. The Bertz CT molecular complexity index is 1100. The fraction of sp³-hybridized carbons (Fsp3) is 0.261. The Morgan fingerprint density at radius 3 is 2.84 bits per heavy atom. The van der Waals surface area contributed by atoms with Crippen LogP contribution in [0.15, 0.2) is 60.9 Å². The lowest BCUT2D eigenvalue weighted by atomic mass is 10.1. The summed E-state index contributed by atoms with van der Waals surface area (Å²) in [5.74, 6) is -2.47. The summed E-state index contributed by atoms with van der Waals surface area (Å²) in [5.41, 5.74) is 1.91. The number of aromatic nitrogens is 2. The van der Waals surface area contributed by atoms with Gasteiger partial charge in [0, 0.05) is 44.1 Å². The van der Waals surface area contributed by atoms with Gasteiger partial charge in [-0.2, -0.15) is 5.10 Å². The van der Waals surface area contributed by atoms with Gasteiger partial charge in [0.2, 0.25) is 11.8 Å². The third kappa shape index (κ3) is 5.00. The number of carbonyl (C=O) groups excluding carboxylic acids is 2. The van der Waals surface area contributed by atoms with Crippen LogP contribution in [0.3, 0.4) is 0 Å². The molecule has 2 amide bonds. The van der Waals surface area contributed by atoms with Gasteiger partial charge in [-0.05, 0) is 29.8 Å². The highest BCUT2D eigenvalue weighted by atomic mass is 19.2. The second-order valence-corrected chi connectivity index (χ2v) is 7.59. The first-order valence-electron chi connectivity index (χ1n) is 10.3. The zero-order chi connectivity index (χ0) is 22.5. The highest BCUT2D eigenvalue weighted by Gasteiger charge is 2.32. The van der Waals surface area contributed by atoms with Gasteiger partial charge >= 0.3 is 0 Å². The van der Waals surface area contributed by atoms with E-state index in [-0.39, 0.29) is 30.3 Å². The molecule has 9 heteroatoms. The van der Waals surface area contributed by atoms with Crippen LogP contribution in [0, 0.1) is 11.6 Å². The maximum atomic E-state index is 14.1. The molecule has 166 valence electrons. The number of hydrogen-bond donors (Lipinski definition) is 2. The van der Waals surface area contributed by atoms with E-state index in [1.54, 1.807) is 15.8 Å². The molecule has 4 rings (SSSR count). The number of nitrogens with zero attached hydrogens (tertiary/aromatic N) is 3. The van der Waals surface area contributed by atoms with Gasteiger partial charge in [-0.1, -0.05) is 24.3 Å². The number of benzene rings is 2. The van der Waals surface area contributed by atoms with Crippen molar-refractivity contribution in [3.8, 4) is 5.69 Å². The van der Waals surface area contributed by atoms with E-state index in [0.717, 1.165) is 17.3 Å². The normalized spacial score (nSPS) is 16.6. The van der Waals surface area contributed by atoms with E-state index in [9.17, 15) is 18.4 Å². The molecule has 2 heterocycles. The number of halogens is 2. The van der Waals surface area contributed by atoms with E-state index in [1.807, 2.05) is 36.5 Å². The summed E-state index contributed by atoms with van der Waals surface area (Å²) in [6, 6.07) is 12.6. The molecule has 3 aromatic rings. The van der Waals surface area contributed by atoms with E-state index in [0.29, 0.717) is 19.6 Å². The molecule has 1 atom stereocenters. The molecule has 1 aliphatic rings. The molecule has 1 aliphatic heterocycles. The fourth-order valence-electron chi connectivity index (χ4n) is 3.74. The van der Waals surface area contributed by atoms with Crippen LogP contribution in [0.1, 0.15) is 17.5 Å². The number of piperazine rings is 1. The second-order valence-electron chi connectivity index (χ2n) is 7.59. The maximum absolute atomic E-state index is 14.1. The highest BCUT2D eigenvalue weighted by Crippen LogP contribution is 2.18. The minimum atomic E-state index is -0.935. The molecule has 0 radical (unpaired) electrons. The summed E-state index contributed by atoms with van der Waals surface area (Å²) in [7, 11) is 0. The van der Waals surface area contributed by atoms with Gasteiger partial charge in [0.1, 0.15) is 0 Å². The smallest absolute Gasteiger partial charge is 0.237 e. The molecule has 0 spiro atoms. The van der Waals surface area contributed by atoms with Crippen LogP contribution >= 0.6 is 0 Å². The monoisotopic (exact) mass is 439 g/mol. The van der Waals surface area contributed by atoms with Gasteiger partial charge in [-0.3, -0.25) is 14.5 Å². The summed E-state index contributed by atoms with van der Waals surface area (Å²) in [4.78, 5) is 26.7. The molecule has 1 fully saturated rings. The van der Waals surface area contributed by atoms with Crippen LogP contribution in [-0.2, 0) is 22.7 Å². The third-order valence-corrected chi connectivity index (χ3v) is 5.39. The van der Waals surface area contributed by atoms with Crippen molar-refractivity contribution in [3.63, 3.8) is 0 Å². The third-order valence-electron chi connectivity index (χ3n) is 5.39. The average Bonchev–Trinajstić information content (AvgIpc) is 3.33. The Kier molecular flexibility index (Phi) is 6.55. The summed E-state index contributed by atoms with van der Waals surface area (Å²) in [5, 5.41) is 9.76. The summed E-state index contributed by atoms with van der Waals surface area (Å²) in [6.45, 7) is 1.15. The van der Waals surface area contributed by atoms with E-state index in [1.165, 1.54) is 12.1 Å². The maximum Gasteiger partial charge on any atom is 0.237 e. The van der Waals surface area contributed by atoms with E-state index in [4.69, 9.17) is 0 Å². The van der Waals surface area contributed by atoms with Crippen molar-refractivity contribution in [3.05, 3.63) is 83.7 Å². The largest absolute Gasteiger partial charge is 0.353 e. The van der Waals surface area contributed by atoms with Gasteiger partial charge in [-0.15, -0.1) is 0 Å². The molecule has 1 unspecified atom stereocenters. The zero-order valence-electron chi connectivity index (χ0n) is 17.3. The van der Waals surface area contributed by atoms with Crippen molar-refractivity contribution < 1.29 is 18.4 Å². The Balaban J connectivity index is 1.39. The predicted octanol–water partition coefficient (Wildman–Crippen LogP) is 2.16. The SMILES string of the molecule is O=C(CC1C(=O)NCCN1Cc1cccc(F)c1F)NCc1cccc(-n2cccn2)c1. The van der Waals surface area contributed by atoms with E-state index in [2.05, 4.69) is 15.7 Å². The second kappa shape index (κ2) is 9.69. The lowest BCUT2D eigenvalue weighted by Gasteiger charge is -2.34. The van der Waals surface area contributed by atoms with Gasteiger partial charge in [-0.25, -0.2) is 13.5 Å². The Hall–Kier alpha value is -3.59. The number of amides is 2. The lowest BCUT2D eigenvalue weighted by molar-refractivity contribution is -0.134. The first kappa shape index (κ1) is 21.6.